The van der Waals surface area contributed by atoms with Gasteiger partial charge in [0.25, 0.3) is 5.91 Å². The lowest BCUT2D eigenvalue weighted by atomic mass is 10.0. The summed E-state index contributed by atoms with van der Waals surface area (Å²) in [6.07, 6.45) is 4.40. The zero-order chi connectivity index (χ0) is 20.3. The molecule has 148 valence electrons. The molecule has 1 heterocycles. The molecule has 2 N–H and O–H groups in total. The number of anilines is 1. The fourth-order valence-electron chi connectivity index (χ4n) is 2.93. The molecule has 0 saturated carbocycles. The van der Waals surface area contributed by atoms with E-state index in [2.05, 4.69) is 4.72 Å². The van der Waals surface area contributed by atoms with Crippen LogP contribution < -0.4 is 9.03 Å². The molecule has 1 aliphatic rings. The van der Waals surface area contributed by atoms with E-state index in [0.717, 1.165) is 16.3 Å². The van der Waals surface area contributed by atoms with Crippen LogP contribution in [0.2, 0.25) is 0 Å². The van der Waals surface area contributed by atoms with Gasteiger partial charge in [-0.1, -0.05) is 31.2 Å². The predicted molar refractivity (Wildman–Crippen MR) is 109 cm³/mol. The van der Waals surface area contributed by atoms with Crippen molar-refractivity contribution in [2.45, 2.75) is 20.3 Å². The van der Waals surface area contributed by atoms with E-state index in [-0.39, 0.29) is 30.1 Å². The number of ether oxygens (including phenoxy) is 1. The summed E-state index contributed by atoms with van der Waals surface area (Å²) in [6, 6.07) is 9.00. The van der Waals surface area contributed by atoms with Gasteiger partial charge in [0, 0.05) is 0 Å². The Labute approximate surface area is 166 Å². The number of phenols is 1. The van der Waals surface area contributed by atoms with E-state index >= 15 is 0 Å². The van der Waals surface area contributed by atoms with Gasteiger partial charge in [0.2, 0.25) is 0 Å². The highest BCUT2D eigenvalue weighted by atomic mass is 32.2. The maximum absolute atomic E-state index is 12.0. The standard InChI is InChI=1S/C20H22N2O5S/c1-3-27-20(25)13(2)5-4-6-14-7-8-15-11-18(23)17(10-16(15)9-14)22-12-19(24)21-28(22)26/h4,6-11,13,23H,3,5,12H2,1-2H3,(H,21,24)/b6-4+. The Morgan fingerprint density at radius 3 is 2.86 bits per heavy atom. The lowest BCUT2D eigenvalue weighted by Crippen LogP contribution is -2.29. The number of carbonyl (C=O) groups is 2. The van der Waals surface area contributed by atoms with E-state index in [4.69, 9.17) is 4.74 Å². The fourth-order valence-corrected chi connectivity index (χ4v) is 3.86. The molecular weight excluding hydrogens is 380 g/mol. The van der Waals surface area contributed by atoms with Gasteiger partial charge in [-0.3, -0.25) is 9.59 Å². The molecular formula is C20H22N2O5S. The average molecular weight is 402 g/mol. The first-order valence-electron chi connectivity index (χ1n) is 8.98. The topological polar surface area (TPSA) is 102 Å². The van der Waals surface area contributed by atoms with Gasteiger partial charge in [-0.05, 0) is 47.9 Å². The number of allylic oxidation sites excluding steroid dienone is 1. The van der Waals surface area contributed by atoms with E-state index in [1.807, 2.05) is 37.3 Å². The van der Waals surface area contributed by atoms with Crippen molar-refractivity contribution in [3.63, 3.8) is 0 Å². The van der Waals surface area contributed by atoms with Crippen molar-refractivity contribution < 1.29 is 24.0 Å². The van der Waals surface area contributed by atoms with Crippen LogP contribution in [0, 0.1) is 5.92 Å². The lowest BCUT2D eigenvalue weighted by molar-refractivity contribution is -0.147. The van der Waals surface area contributed by atoms with Crippen LogP contribution in [0.4, 0.5) is 5.69 Å². The van der Waals surface area contributed by atoms with Gasteiger partial charge in [0.05, 0.1) is 12.5 Å². The number of esters is 1. The largest absolute Gasteiger partial charge is 0.568 e. The van der Waals surface area contributed by atoms with Gasteiger partial charge in [-0.2, -0.15) is 4.31 Å². The van der Waals surface area contributed by atoms with Crippen molar-refractivity contribution in [2.75, 3.05) is 17.5 Å². The molecule has 1 saturated heterocycles. The average Bonchev–Trinajstić information content (AvgIpc) is 2.99. The minimum absolute atomic E-state index is 0.0381. The van der Waals surface area contributed by atoms with Gasteiger partial charge in [-0.15, -0.1) is 4.72 Å². The Bertz CT molecular complexity index is 930. The first-order valence-corrected chi connectivity index (χ1v) is 10.1. The number of aromatic hydroxyl groups is 1. The second-order valence-electron chi connectivity index (χ2n) is 6.55. The molecule has 0 aliphatic carbocycles. The number of hydrogen-bond acceptors (Lipinski definition) is 6. The molecule has 1 amide bonds. The highest BCUT2D eigenvalue weighted by Crippen LogP contribution is 2.35. The van der Waals surface area contributed by atoms with Crippen LogP contribution in [0.5, 0.6) is 5.75 Å². The highest BCUT2D eigenvalue weighted by molar-refractivity contribution is 7.92. The molecule has 0 spiro atoms. The molecule has 0 aromatic heterocycles. The molecule has 3 rings (SSSR count). The number of hydrogen-bond donors (Lipinski definition) is 2. The molecule has 8 heteroatoms. The summed E-state index contributed by atoms with van der Waals surface area (Å²) in [4.78, 5) is 23.1. The monoisotopic (exact) mass is 402 g/mol. The quantitative estimate of drug-likeness (QED) is 0.569. The van der Waals surface area contributed by atoms with Gasteiger partial charge in [0.15, 0.2) is 18.1 Å². The Balaban J connectivity index is 1.80. The number of rotatable bonds is 6. The summed E-state index contributed by atoms with van der Waals surface area (Å²) in [5.74, 6) is -0.822. The van der Waals surface area contributed by atoms with Crippen molar-refractivity contribution >= 4 is 46.0 Å². The van der Waals surface area contributed by atoms with Gasteiger partial charge >= 0.3 is 5.97 Å². The van der Waals surface area contributed by atoms with E-state index < -0.39 is 11.5 Å². The van der Waals surface area contributed by atoms with Crippen molar-refractivity contribution in [1.82, 2.24) is 4.72 Å². The minimum Gasteiger partial charge on any atom is -0.568 e. The summed E-state index contributed by atoms with van der Waals surface area (Å²) in [6.45, 7) is 3.90. The van der Waals surface area contributed by atoms with Crippen molar-refractivity contribution in [3.05, 3.63) is 42.0 Å². The predicted octanol–water partition coefficient (Wildman–Crippen LogP) is 2.66. The van der Waals surface area contributed by atoms with E-state index in [9.17, 15) is 19.2 Å². The van der Waals surface area contributed by atoms with Crippen molar-refractivity contribution in [1.29, 1.82) is 0 Å². The maximum Gasteiger partial charge on any atom is 0.308 e. The molecule has 1 fully saturated rings. The first-order chi connectivity index (χ1) is 13.4. The summed E-state index contributed by atoms with van der Waals surface area (Å²) in [5, 5.41) is 11.9. The van der Waals surface area contributed by atoms with Crippen LogP contribution in [-0.4, -0.2) is 34.7 Å². The summed E-state index contributed by atoms with van der Waals surface area (Å²) < 4.78 is 20.6. The van der Waals surface area contributed by atoms with Gasteiger partial charge in [-0.25, -0.2) is 0 Å². The molecule has 2 aromatic rings. The molecule has 0 radical (unpaired) electrons. The summed E-state index contributed by atoms with van der Waals surface area (Å²) >= 11 is -1.70. The Morgan fingerprint density at radius 2 is 2.18 bits per heavy atom. The number of nitrogens with one attached hydrogen (secondary N) is 1. The second-order valence-corrected chi connectivity index (χ2v) is 7.69. The summed E-state index contributed by atoms with van der Waals surface area (Å²) in [5.41, 5.74) is 1.26. The smallest absolute Gasteiger partial charge is 0.308 e. The second kappa shape index (κ2) is 8.53. The zero-order valence-electron chi connectivity index (χ0n) is 15.7. The third kappa shape index (κ3) is 4.40. The number of nitrogens with zero attached hydrogens (tertiary/aromatic N) is 1. The molecule has 7 nitrogen and oxygen atoms in total. The highest BCUT2D eigenvalue weighted by Gasteiger charge is 2.35. The number of carbonyl (C=O) groups excluding carboxylic acids is 2. The van der Waals surface area contributed by atoms with E-state index in [0.29, 0.717) is 18.7 Å². The lowest BCUT2D eigenvalue weighted by Gasteiger charge is -2.17. The molecule has 28 heavy (non-hydrogen) atoms. The number of fused-ring (bicyclic) bond motifs is 1. The molecule has 2 unspecified atom stereocenters. The molecule has 2 aromatic carbocycles. The third-order valence-electron chi connectivity index (χ3n) is 4.40. The van der Waals surface area contributed by atoms with Crippen LogP contribution >= 0.6 is 0 Å². The van der Waals surface area contributed by atoms with Crippen molar-refractivity contribution in [3.8, 4) is 5.75 Å². The maximum atomic E-state index is 12.0. The van der Waals surface area contributed by atoms with Crippen LogP contribution in [0.25, 0.3) is 16.8 Å². The van der Waals surface area contributed by atoms with Gasteiger partial charge in [0.1, 0.15) is 11.4 Å². The summed E-state index contributed by atoms with van der Waals surface area (Å²) in [7, 11) is 0. The normalized spacial score (nSPS) is 17.9. The minimum atomic E-state index is -1.70. The third-order valence-corrected chi connectivity index (χ3v) is 5.53. The van der Waals surface area contributed by atoms with Crippen molar-refractivity contribution in [2.24, 2.45) is 5.92 Å². The van der Waals surface area contributed by atoms with Gasteiger partial charge < -0.3 is 14.4 Å². The van der Waals surface area contributed by atoms with E-state index in [1.54, 1.807) is 19.1 Å². The molecule has 1 aliphatic heterocycles. The SMILES string of the molecule is CCOC(=O)C(C)C/C=C/c1ccc2cc(O)c(N3CC(=O)N[S+]3[O-])cc2c1. The molecule has 2 atom stereocenters. The number of phenolic OH excluding ortho intramolecular Hbond substituents is 1. The van der Waals surface area contributed by atoms with Crippen LogP contribution in [0.1, 0.15) is 25.8 Å². The number of benzene rings is 2. The van der Waals surface area contributed by atoms with Crippen LogP contribution in [-0.2, 0) is 25.9 Å². The Morgan fingerprint density at radius 1 is 1.39 bits per heavy atom. The first kappa shape index (κ1) is 20.0. The number of amides is 1. The van der Waals surface area contributed by atoms with Crippen LogP contribution in [0.15, 0.2) is 36.4 Å². The Hall–Kier alpha value is -2.71. The zero-order valence-corrected chi connectivity index (χ0v) is 16.5. The van der Waals surface area contributed by atoms with Crippen LogP contribution in [0.3, 0.4) is 0 Å². The van der Waals surface area contributed by atoms with E-state index in [1.165, 1.54) is 4.31 Å². The fraction of sp³-hybridized carbons (Fsp3) is 0.300. The molecule has 0 bridgehead atoms. The Kier molecular flexibility index (Phi) is 6.11.